The van der Waals surface area contributed by atoms with Crippen molar-refractivity contribution < 1.29 is 9.47 Å². The predicted molar refractivity (Wildman–Crippen MR) is 68.8 cm³/mol. The van der Waals surface area contributed by atoms with Crippen molar-refractivity contribution in [3.05, 3.63) is 41.0 Å². The molecule has 0 bridgehead atoms. The molecule has 1 aromatic heterocycles. The molecule has 2 rings (SSSR count). The smallest absolute Gasteiger partial charge is 0.237 e. The van der Waals surface area contributed by atoms with Crippen LogP contribution in [0, 0.1) is 0 Å². The molecule has 0 spiro atoms. The second kappa shape index (κ2) is 5.55. The van der Waals surface area contributed by atoms with Gasteiger partial charge in [-0.1, -0.05) is 23.7 Å². The van der Waals surface area contributed by atoms with Crippen molar-refractivity contribution in [3.63, 3.8) is 0 Å². The Morgan fingerprint density at radius 1 is 1.28 bits per heavy atom. The molecule has 0 saturated heterocycles. The number of hydrogen-bond donors (Lipinski definition) is 1. The first-order valence-corrected chi connectivity index (χ1v) is 5.60. The van der Waals surface area contributed by atoms with Gasteiger partial charge in [0, 0.05) is 0 Å². The number of ether oxygens (including phenoxy) is 2. The first-order valence-electron chi connectivity index (χ1n) is 5.23. The van der Waals surface area contributed by atoms with Crippen molar-refractivity contribution in [1.82, 2.24) is 9.97 Å². The van der Waals surface area contributed by atoms with Gasteiger partial charge in [-0.15, -0.1) is 0 Å². The van der Waals surface area contributed by atoms with Crippen LogP contribution in [0.2, 0.25) is 5.02 Å². The fourth-order valence-corrected chi connectivity index (χ4v) is 1.48. The predicted octanol–water partition coefficient (Wildman–Crippen LogP) is 2.30. The Morgan fingerprint density at radius 3 is 2.67 bits per heavy atom. The maximum atomic E-state index is 5.88. The first kappa shape index (κ1) is 12.4. The lowest BCUT2D eigenvalue weighted by atomic mass is 10.2. The quantitative estimate of drug-likeness (QED) is 0.918. The number of halogens is 1. The number of anilines is 1. The van der Waals surface area contributed by atoms with Crippen molar-refractivity contribution in [2.24, 2.45) is 0 Å². The van der Waals surface area contributed by atoms with Crippen LogP contribution in [-0.2, 0) is 6.61 Å². The van der Waals surface area contributed by atoms with Crippen LogP contribution in [0.3, 0.4) is 0 Å². The standard InChI is InChI=1S/C12H12ClN3O2/c1-17-9-4-2-8(3-5-9)7-18-11-10(13)6-15-12(14)16-11/h2-6H,7H2,1H3,(H2,14,15,16). The topological polar surface area (TPSA) is 70.3 Å². The highest BCUT2D eigenvalue weighted by molar-refractivity contribution is 6.31. The number of hydrogen-bond acceptors (Lipinski definition) is 5. The maximum absolute atomic E-state index is 5.88. The summed E-state index contributed by atoms with van der Waals surface area (Å²) in [6.07, 6.45) is 1.41. The Labute approximate surface area is 110 Å². The van der Waals surface area contributed by atoms with Crippen LogP contribution in [-0.4, -0.2) is 17.1 Å². The summed E-state index contributed by atoms with van der Waals surface area (Å²) in [5, 5.41) is 0.331. The third-order valence-electron chi connectivity index (χ3n) is 2.27. The summed E-state index contributed by atoms with van der Waals surface area (Å²) in [5.41, 5.74) is 6.43. The molecule has 0 fully saturated rings. The summed E-state index contributed by atoms with van der Waals surface area (Å²) < 4.78 is 10.5. The molecule has 0 amide bonds. The zero-order valence-electron chi connectivity index (χ0n) is 9.76. The third-order valence-corrected chi connectivity index (χ3v) is 2.52. The van der Waals surface area contributed by atoms with Crippen LogP contribution < -0.4 is 15.2 Å². The summed E-state index contributed by atoms with van der Waals surface area (Å²) in [6.45, 7) is 0.347. The van der Waals surface area contributed by atoms with Gasteiger partial charge < -0.3 is 15.2 Å². The van der Waals surface area contributed by atoms with Crippen molar-refractivity contribution in [2.75, 3.05) is 12.8 Å². The average Bonchev–Trinajstić information content (AvgIpc) is 2.40. The van der Waals surface area contributed by atoms with E-state index in [4.69, 9.17) is 26.8 Å². The number of nitrogens with zero attached hydrogens (tertiary/aromatic N) is 2. The highest BCUT2D eigenvalue weighted by Crippen LogP contribution is 2.22. The SMILES string of the molecule is COc1ccc(COc2nc(N)ncc2Cl)cc1. The van der Waals surface area contributed by atoms with Crippen molar-refractivity contribution >= 4 is 17.5 Å². The maximum Gasteiger partial charge on any atom is 0.237 e. The lowest BCUT2D eigenvalue weighted by Crippen LogP contribution is -2.01. The second-order valence-electron chi connectivity index (χ2n) is 3.52. The van der Waals surface area contributed by atoms with E-state index in [1.54, 1.807) is 7.11 Å². The molecule has 2 aromatic rings. The fourth-order valence-electron chi connectivity index (χ4n) is 1.34. The van der Waals surface area contributed by atoms with E-state index in [0.29, 0.717) is 11.6 Å². The number of rotatable bonds is 4. The van der Waals surface area contributed by atoms with E-state index in [0.717, 1.165) is 11.3 Å². The number of aromatic nitrogens is 2. The first-order chi connectivity index (χ1) is 8.69. The summed E-state index contributed by atoms with van der Waals surface area (Å²) in [7, 11) is 1.62. The molecular weight excluding hydrogens is 254 g/mol. The van der Waals surface area contributed by atoms with Crippen molar-refractivity contribution in [3.8, 4) is 11.6 Å². The average molecular weight is 266 g/mol. The van der Waals surface area contributed by atoms with Crippen LogP contribution in [0.4, 0.5) is 5.95 Å². The lowest BCUT2D eigenvalue weighted by molar-refractivity contribution is 0.294. The number of nitrogen functional groups attached to an aromatic ring is 1. The van der Waals surface area contributed by atoms with Crippen LogP contribution in [0.5, 0.6) is 11.6 Å². The molecule has 0 aliphatic heterocycles. The number of benzene rings is 1. The molecule has 0 atom stereocenters. The largest absolute Gasteiger partial charge is 0.497 e. The molecule has 0 unspecified atom stereocenters. The van der Waals surface area contributed by atoms with Gasteiger partial charge in [0.15, 0.2) is 0 Å². The summed E-state index contributed by atoms with van der Waals surface area (Å²) in [4.78, 5) is 7.66. The van der Waals surface area contributed by atoms with Crippen molar-refractivity contribution in [1.29, 1.82) is 0 Å². The van der Waals surface area contributed by atoms with E-state index in [2.05, 4.69) is 9.97 Å². The van der Waals surface area contributed by atoms with Gasteiger partial charge in [0.05, 0.1) is 13.3 Å². The van der Waals surface area contributed by atoms with E-state index in [9.17, 15) is 0 Å². The molecule has 5 nitrogen and oxygen atoms in total. The van der Waals surface area contributed by atoms with Gasteiger partial charge in [-0.05, 0) is 17.7 Å². The Kier molecular flexibility index (Phi) is 3.84. The Morgan fingerprint density at radius 2 is 2.00 bits per heavy atom. The van der Waals surface area contributed by atoms with Gasteiger partial charge >= 0.3 is 0 Å². The van der Waals surface area contributed by atoms with Gasteiger partial charge in [-0.3, -0.25) is 0 Å². The van der Waals surface area contributed by atoms with E-state index >= 15 is 0 Å². The summed E-state index contributed by atoms with van der Waals surface area (Å²) >= 11 is 5.88. The zero-order chi connectivity index (χ0) is 13.0. The van der Waals surface area contributed by atoms with E-state index < -0.39 is 0 Å². The van der Waals surface area contributed by atoms with Crippen LogP contribution in [0.1, 0.15) is 5.56 Å². The monoisotopic (exact) mass is 265 g/mol. The Bertz CT molecular complexity index is 531. The second-order valence-corrected chi connectivity index (χ2v) is 3.93. The minimum atomic E-state index is 0.129. The summed E-state index contributed by atoms with van der Waals surface area (Å²) in [5.74, 6) is 1.20. The fraction of sp³-hybridized carbons (Fsp3) is 0.167. The highest BCUT2D eigenvalue weighted by atomic mass is 35.5. The molecule has 1 heterocycles. The molecule has 6 heteroatoms. The van der Waals surface area contributed by atoms with E-state index in [1.165, 1.54) is 6.20 Å². The number of methoxy groups -OCH3 is 1. The molecule has 0 aliphatic rings. The highest BCUT2D eigenvalue weighted by Gasteiger charge is 2.05. The third kappa shape index (κ3) is 3.01. The Hall–Kier alpha value is -2.01. The van der Waals surface area contributed by atoms with E-state index in [1.807, 2.05) is 24.3 Å². The van der Waals surface area contributed by atoms with Crippen molar-refractivity contribution in [2.45, 2.75) is 6.61 Å². The molecular formula is C12H12ClN3O2. The van der Waals surface area contributed by atoms with E-state index in [-0.39, 0.29) is 11.8 Å². The molecule has 0 aliphatic carbocycles. The van der Waals surface area contributed by atoms with Crippen LogP contribution in [0.25, 0.3) is 0 Å². The van der Waals surface area contributed by atoms with Gasteiger partial charge in [0.25, 0.3) is 0 Å². The van der Waals surface area contributed by atoms with Gasteiger partial charge in [0.2, 0.25) is 11.8 Å². The molecule has 18 heavy (non-hydrogen) atoms. The van der Waals surface area contributed by atoms with Crippen LogP contribution in [0.15, 0.2) is 30.5 Å². The van der Waals surface area contributed by atoms with Gasteiger partial charge in [-0.2, -0.15) is 4.98 Å². The zero-order valence-corrected chi connectivity index (χ0v) is 10.5. The molecule has 0 radical (unpaired) electrons. The molecule has 0 saturated carbocycles. The molecule has 1 aromatic carbocycles. The summed E-state index contributed by atoms with van der Waals surface area (Å²) in [6, 6.07) is 7.51. The number of nitrogens with two attached hydrogens (primary N) is 1. The minimum Gasteiger partial charge on any atom is -0.497 e. The molecule has 2 N–H and O–H groups in total. The Balaban J connectivity index is 2.04. The molecule has 94 valence electrons. The normalized spacial score (nSPS) is 10.1. The van der Waals surface area contributed by atoms with Gasteiger partial charge in [-0.25, -0.2) is 4.98 Å². The van der Waals surface area contributed by atoms with Crippen LogP contribution >= 0.6 is 11.6 Å². The minimum absolute atomic E-state index is 0.129. The van der Waals surface area contributed by atoms with Gasteiger partial charge in [0.1, 0.15) is 17.4 Å². The lowest BCUT2D eigenvalue weighted by Gasteiger charge is -2.07.